The van der Waals surface area contributed by atoms with Crippen LogP contribution in [-0.4, -0.2) is 28.0 Å². The van der Waals surface area contributed by atoms with Crippen LogP contribution in [-0.2, 0) is 11.2 Å². The van der Waals surface area contributed by atoms with Crippen molar-refractivity contribution in [3.63, 3.8) is 0 Å². The first-order chi connectivity index (χ1) is 10.7. The molecule has 0 amide bonds. The van der Waals surface area contributed by atoms with Crippen LogP contribution in [0.1, 0.15) is 37.3 Å². The maximum Gasteiger partial charge on any atom is 0.180 e. The summed E-state index contributed by atoms with van der Waals surface area (Å²) in [5.41, 5.74) is 5.07. The standard InChI is InChI=1S/C18H19N3O/c1-12-6-18(10-22-13(2)21-18)7-14-4-3-5-16(17(12)14)15-8-19-11-20-9-15/h3-5,8-9,11-12H,6-7,10H2,1-2H3. The van der Waals surface area contributed by atoms with E-state index in [0.29, 0.717) is 12.5 Å². The largest absolute Gasteiger partial charge is 0.479 e. The molecule has 22 heavy (non-hydrogen) atoms. The monoisotopic (exact) mass is 293 g/mol. The summed E-state index contributed by atoms with van der Waals surface area (Å²) in [7, 11) is 0. The van der Waals surface area contributed by atoms with Crippen molar-refractivity contribution in [2.75, 3.05) is 6.61 Å². The molecule has 1 aromatic carbocycles. The van der Waals surface area contributed by atoms with Crippen molar-refractivity contribution in [3.05, 3.63) is 48.0 Å². The molecule has 0 saturated heterocycles. The zero-order valence-corrected chi connectivity index (χ0v) is 12.9. The Morgan fingerprint density at radius 2 is 2.05 bits per heavy atom. The minimum absolute atomic E-state index is 0.0672. The first-order valence-corrected chi connectivity index (χ1v) is 7.73. The number of aromatic nitrogens is 2. The van der Waals surface area contributed by atoms with E-state index in [1.807, 2.05) is 19.3 Å². The summed E-state index contributed by atoms with van der Waals surface area (Å²) in [6.07, 6.45) is 7.33. The maximum atomic E-state index is 5.65. The number of hydrogen-bond donors (Lipinski definition) is 0. The molecule has 1 aliphatic heterocycles. The molecule has 0 radical (unpaired) electrons. The highest BCUT2D eigenvalue weighted by Gasteiger charge is 2.42. The van der Waals surface area contributed by atoms with Crippen LogP contribution in [0.3, 0.4) is 0 Å². The highest BCUT2D eigenvalue weighted by atomic mass is 16.5. The van der Waals surface area contributed by atoms with Crippen LogP contribution >= 0.6 is 0 Å². The Labute approximate surface area is 130 Å². The lowest BCUT2D eigenvalue weighted by atomic mass is 9.71. The highest BCUT2D eigenvalue weighted by molar-refractivity contribution is 5.76. The number of benzene rings is 1. The van der Waals surface area contributed by atoms with Crippen molar-refractivity contribution >= 4 is 5.90 Å². The molecule has 4 rings (SSSR count). The third kappa shape index (κ3) is 2.10. The number of rotatable bonds is 1. The molecule has 0 N–H and O–H groups in total. The van der Waals surface area contributed by atoms with Gasteiger partial charge >= 0.3 is 0 Å². The molecular formula is C18H19N3O. The van der Waals surface area contributed by atoms with E-state index in [0.717, 1.165) is 24.3 Å². The van der Waals surface area contributed by atoms with Crippen LogP contribution in [0.5, 0.6) is 0 Å². The van der Waals surface area contributed by atoms with E-state index in [4.69, 9.17) is 9.73 Å². The second kappa shape index (κ2) is 4.90. The second-order valence-electron chi connectivity index (χ2n) is 6.43. The van der Waals surface area contributed by atoms with Gasteiger partial charge in [-0.3, -0.25) is 0 Å². The number of nitrogens with zero attached hydrogens (tertiary/aromatic N) is 3. The van der Waals surface area contributed by atoms with Crippen molar-refractivity contribution in [1.82, 2.24) is 9.97 Å². The first kappa shape index (κ1) is 13.4. The minimum atomic E-state index is -0.0672. The zero-order valence-electron chi connectivity index (χ0n) is 12.9. The van der Waals surface area contributed by atoms with E-state index in [1.165, 1.54) is 16.7 Å². The van der Waals surface area contributed by atoms with Gasteiger partial charge in [-0.25, -0.2) is 15.0 Å². The molecular weight excluding hydrogens is 274 g/mol. The maximum absolute atomic E-state index is 5.65. The lowest BCUT2D eigenvalue weighted by molar-refractivity contribution is 0.226. The van der Waals surface area contributed by atoms with Gasteiger partial charge in [-0.2, -0.15) is 0 Å². The number of fused-ring (bicyclic) bond motifs is 1. The van der Waals surface area contributed by atoms with Gasteiger partial charge in [-0.1, -0.05) is 25.1 Å². The van der Waals surface area contributed by atoms with E-state index in [1.54, 1.807) is 6.33 Å². The molecule has 1 spiro atoms. The summed E-state index contributed by atoms with van der Waals surface area (Å²) in [5, 5.41) is 0. The van der Waals surface area contributed by atoms with Gasteiger partial charge < -0.3 is 4.74 Å². The Balaban J connectivity index is 1.81. The van der Waals surface area contributed by atoms with Crippen molar-refractivity contribution in [2.45, 2.75) is 38.1 Å². The van der Waals surface area contributed by atoms with Crippen LogP contribution in [0.25, 0.3) is 11.1 Å². The van der Waals surface area contributed by atoms with E-state index >= 15 is 0 Å². The molecule has 2 atom stereocenters. The molecule has 4 nitrogen and oxygen atoms in total. The predicted octanol–water partition coefficient (Wildman–Crippen LogP) is 3.38. The molecule has 112 valence electrons. The Morgan fingerprint density at radius 3 is 2.77 bits per heavy atom. The van der Waals surface area contributed by atoms with Gasteiger partial charge in [0.05, 0.1) is 0 Å². The van der Waals surface area contributed by atoms with E-state index in [2.05, 4.69) is 35.1 Å². The molecule has 0 bridgehead atoms. The van der Waals surface area contributed by atoms with Crippen LogP contribution in [0.2, 0.25) is 0 Å². The third-order valence-corrected chi connectivity index (χ3v) is 4.71. The topological polar surface area (TPSA) is 47.4 Å². The molecule has 2 aliphatic rings. The molecule has 1 aromatic heterocycles. The van der Waals surface area contributed by atoms with Crippen molar-refractivity contribution in [3.8, 4) is 11.1 Å². The first-order valence-electron chi connectivity index (χ1n) is 7.73. The van der Waals surface area contributed by atoms with E-state index in [9.17, 15) is 0 Å². The summed E-state index contributed by atoms with van der Waals surface area (Å²) in [5.74, 6) is 1.27. The van der Waals surface area contributed by atoms with Gasteiger partial charge in [0.1, 0.15) is 18.5 Å². The summed E-state index contributed by atoms with van der Waals surface area (Å²) >= 11 is 0. The Kier molecular flexibility index (Phi) is 2.99. The van der Waals surface area contributed by atoms with Gasteiger partial charge in [-0.15, -0.1) is 0 Å². The second-order valence-corrected chi connectivity index (χ2v) is 6.43. The summed E-state index contributed by atoms with van der Waals surface area (Å²) < 4.78 is 5.65. The molecule has 0 saturated carbocycles. The molecule has 2 heterocycles. The van der Waals surface area contributed by atoms with Crippen LogP contribution in [0, 0.1) is 0 Å². The van der Waals surface area contributed by atoms with Gasteiger partial charge in [-0.05, 0) is 29.0 Å². The summed E-state index contributed by atoms with van der Waals surface area (Å²) in [6, 6.07) is 6.52. The molecule has 2 unspecified atom stereocenters. The normalized spacial score (nSPS) is 26.5. The van der Waals surface area contributed by atoms with Gasteiger partial charge in [0.15, 0.2) is 5.90 Å². The highest BCUT2D eigenvalue weighted by Crippen LogP contribution is 2.44. The smallest absolute Gasteiger partial charge is 0.180 e. The van der Waals surface area contributed by atoms with Gasteiger partial charge in [0.25, 0.3) is 0 Å². The van der Waals surface area contributed by atoms with Crippen LogP contribution in [0.4, 0.5) is 0 Å². The Bertz CT molecular complexity index is 741. The number of hydrogen-bond acceptors (Lipinski definition) is 4. The average molecular weight is 293 g/mol. The zero-order chi connectivity index (χ0) is 15.2. The van der Waals surface area contributed by atoms with Crippen molar-refractivity contribution in [1.29, 1.82) is 0 Å². The fraction of sp³-hybridized carbons (Fsp3) is 0.389. The van der Waals surface area contributed by atoms with Crippen molar-refractivity contribution in [2.24, 2.45) is 4.99 Å². The molecule has 2 aromatic rings. The van der Waals surface area contributed by atoms with Crippen LogP contribution < -0.4 is 0 Å². The minimum Gasteiger partial charge on any atom is -0.479 e. The molecule has 0 fully saturated rings. The number of ether oxygens (including phenoxy) is 1. The molecule has 1 aliphatic carbocycles. The van der Waals surface area contributed by atoms with Crippen molar-refractivity contribution < 1.29 is 4.74 Å². The molecule has 4 heteroatoms. The lowest BCUT2D eigenvalue weighted by Gasteiger charge is -2.36. The Morgan fingerprint density at radius 1 is 1.23 bits per heavy atom. The van der Waals surface area contributed by atoms with Gasteiger partial charge in [0, 0.05) is 31.3 Å². The average Bonchev–Trinajstić information content (AvgIpc) is 2.87. The predicted molar refractivity (Wildman–Crippen MR) is 86.0 cm³/mol. The van der Waals surface area contributed by atoms with Crippen LogP contribution in [0.15, 0.2) is 41.9 Å². The SMILES string of the molecule is CC1=NC2(CO1)Cc1cccc(-c3cncnc3)c1C(C)C2. The van der Waals surface area contributed by atoms with E-state index in [-0.39, 0.29) is 5.54 Å². The fourth-order valence-corrected chi connectivity index (χ4v) is 3.97. The third-order valence-electron chi connectivity index (χ3n) is 4.71. The quantitative estimate of drug-likeness (QED) is 0.809. The Hall–Kier alpha value is -2.23. The van der Waals surface area contributed by atoms with E-state index < -0.39 is 0 Å². The lowest BCUT2D eigenvalue weighted by Crippen LogP contribution is -2.37. The van der Waals surface area contributed by atoms with Gasteiger partial charge in [0.2, 0.25) is 0 Å². The summed E-state index contributed by atoms with van der Waals surface area (Å²) in [4.78, 5) is 13.1. The summed E-state index contributed by atoms with van der Waals surface area (Å²) in [6.45, 7) is 4.95. The fourth-order valence-electron chi connectivity index (χ4n) is 3.97. The number of aliphatic imine (C=N–C) groups is 1.